The molecule has 0 atom stereocenters. The first kappa shape index (κ1) is 15.1. The Kier molecular flexibility index (Phi) is 5.65. The van der Waals surface area contributed by atoms with E-state index in [9.17, 15) is 4.79 Å². The van der Waals surface area contributed by atoms with Gasteiger partial charge in [0.1, 0.15) is 0 Å². The van der Waals surface area contributed by atoms with Crippen molar-refractivity contribution < 1.29 is 0 Å². The second-order valence-corrected chi connectivity index (χ2v) is 5.92. The zero-order chi connectivity index (χ0) is 14.4. The summed E-state index contributed by atoms with van der Waals surface area (Å²) in [5.74, 6) is 0.938. The topological polar surface area (TPSA) is 51.3 Å². The van der Waals surface area contributed by atoms with Crippen molar-refractivity contribution in [3.8, 4) is 0 Å². The first-order chi connectivity index (χ1) is 9.69. The molecular weight excluding hydrogens is 250 g/mol. The van der Waals surface area contributed by atoms with E-state index in [1.165, 1.54) is 38.8 Å². The van der Waals surface area contributed by atoms with Crippen molar-refractivity contribution in [2.75, 3.05) is 25.4 Å². The summed E-state index contributed by atoms with van der Waals surface area (Å²) in [4.78, 5) is 14.2. The molecule has 2 heterocycles. The quantitative estimate of drug-likeness (QED) is 0.868. The maximum Gasteiger partial charge on any atom is 0.250 e. The van der Waals surface area contributed by atoms with Crippen LogP contribution in [-0.4, -0.2) is 29.1 Å². The minimum atomic E-state index is 0.0425. The van der Waals surface area contributed by atoms with Crippen LogP contribution in [0.3, 0.4) is 0 Å². The predicted molar refractivity (Wildman–Crippen MR) is 83.8 cm³/mol. The largest absolute Gasteiger partial charge is 0.398 e. The van der Waals surface area contributed by atoms with Gasteiger partial charge in [-0.2, -0.15) is 0 Å². The summed E-state index contributed by atoms with van der Waals surface area (Å²) in [6.45, 7) is 6.56. The lowest BCUT2D eigenvalue weighted by Crippen LogP contribution is -2.35. The molecule has 1 aliphatic rings. The Morgan fingerprint density at radius 1 is 1.25 bits per heavy atom. The van der Waals surface area contributed by atoms with Crippen LogP contribution in [0.1, 0.15) is 39.0 Å². The highest BCUT2D eigenvalue weighted by molar-refractivity contribution is 5.33. The van der Waals surface area contributed by atoms with Crippen molar-refractivity contribution in [2.45, 2.75) is 45.6 Å². The summed E-state index contributed by atoms with van der Waals surface area (Å²) in [6, 6.07) is 3.21. The van der Waals surface area contributed by atoms with Crippen molar-refractivity contribution in [3.05, 3.63) is 28.7 Å². The van der Waals surface area contributed by atoms with E-state index in [2.05, 4.69) is 11.8 Å². The van der Waals surface area contributed by atoms with Crippen LogP contribution in [0.4, 0.5) is 5.69 Å². The molecule has 1 fully saturated rings. The molecule has 0 saturated carbocycles. The highest BCUT2D eigenvalue weighted by atomic mass is 16.1. The molecule has 2 N–H and O–H groups in total. The van der Waals surface area contributed by atoms with Gasteiger partial charge in [0.2, 0.25) is 0 Å². The number of nitrogens with zero attached hydrogens (tertiary/aromatic N) is 2. The molecule has 112 valence electrons. The molecule has 0 unspecified atom stereocenters. The number of rotatable bonds is 6. The van der Waals surface area contributed by atoms with E-state index < -0.39 is 0 Å². The van der Waals surface area contributed by atoms with E-state index in [4.69, 9.17) is 5.73 Å². The molecule has 0 bridgehead atoms. The van der Waals surface area contributed by atoms with Crippen molar-refractivity contribution in [2.24, 2.45) is 5.92 Å². The summed E-state index contributed by atoms with van der Waals surface area (Å²) in [7, 11) is 0. The molecule has 4 heteroatoms. The molecule has 1 aromatic rings. The number of hydrogen-bond acceptors (Lipinski definition) is 3. The number of piperidine rings is 1. The van der Waals surface area contributed by atoms with Gasteiger partial charge in [-0.05, 0) is 50.9 Å². The van der Waals surface area contributed by atoms with Crippen LogP contribution in [-0.2, 0) is 6.54 Å². The number of hydrogen-bond donors (Lipinski definition) is 1. The predicted octanol–water partition coefficient (Wildman–Crippen LogP) is 2.33. The number of aryl methyl sites for hydroxylation is 1. The molecule has 0 amide bonds. The van der Waals surface area contributed by atoms with Crippen LogP contribution < -0.4 is 11.3 Å². The zero-order valence-corrected chi connectivity index (χ0v) is 12.6. The van der Waals surface area contributed by atoms with E-state index in [1.807, 2.05) is 0 Å². The lowest BCUT2D eigenvalue weighted by Gasteiger charge is -2.31. The molecule has 0 aromatic carbocycles. The third kappa shape index (κ3) is 4.37. The maximum absolute atomic E-state index is 11.7. The van der Waals surface area contributed by atoms with E-state index in [1.54, 1.807) is 22.9 Å². The normalized spacial score (nSPS) is 17.4. The Hall–Kier alpha value is -1.29. The van der Waals surface area contributed by atoms with Gasteiger partial charge in [0.05, 0.1) is 0 Å². The number of nitrogens with two attached hydrogens (primary N) is 1. The molecule has 0 spiro atoms. The minimum absolute atomic E-state index is 0.0425. The molecule has 1 saturated heterocycles. The smallest absolute Gasteiger partial charge is 0.250 e. The molecular formula is C16H27N3O. The third-order valence-electron chi connectivity index (χ3n) is 4.28. The number of anilines is 1. The van der Waals surface area contributed by atoms with E-state index in [0.717, 1.165) is 25.4 Å². The molecule has 0 aliphatic carbocycles. The SMILES string of the molecule is CCCC1CCN(CCCn2cc(N)ccc2=O)CC1. The minimum Gasteiger partial charge on any atom is -0.398 e. The van der Waals surface area contributed by atoms with Gasteiger partial charge < -0.3 is 15.2 Å². The number of likely N-dealkylation sites (tertiary alicyclic amines) is 1. The lowest BCUT2D eigenvalue weighted by molar-refractivity contribution is 0.175. The third-order valence-corrected chi connectivity index (χ3v) is 4.28. The summed E-state index contributed by atoms with van der Waals surface area (Å²) in [5.41, 5.74) is 6.42. The van der Waals surface area contributed by atoms with Crippen LogP contribution in [0, 0.1) is 5.92 Å². The van der Waals surface area contributed by atoms with Crippen molar-refractivity contribution in [1.29, 1.82) is 0 Å². The molecule has 4 nitrogen and oxygen atoms in total. The highest BCUT2D eigenvalue weighted by Crippen LogP contribution is 2.21. The highest BCUT2D eigenvalue weighted by Gasteiger charge is 2.17. The summed E-state index contributed by atoms with van der Waals surface area (Å²) in [6.07, 6.45) is 8.13. The fourth-order valence-corrected chi connectivity index (χ4v) is 3.10. The second kappa shape index (κ2) is 7.48. The van der Waals surface area contributed by atoms with Gasteiger partial charge >= 0.3 is 0 Å². The Labute approximate surface area is 121 Å². The Balaban J connectivity index is 1.71. The number of pyridine rings is 1. The molecule has 2 rings (SSSR count). The fourth-order valence-electron chi connectivity index (χ4n) is 3.10. The van der Waals surface area contributed by atoms with Gasteiger partial charge in [0, 0.05) is 24.5 Å². The van der Waals surface area contributed by atoms with E-state index >= 15 is 0 Å². The van der Waals surface area contributed by atoms with Gasteiger partial charge in [-0.25, -0.2) is 0 Å². The van der Waals surface area contributed by atoms with Crippen LogP contribution in [0.5, 0.6) is 0 Å². The standard InChI is InChI=1S/C16H27N3O/c1-2-4-14-7-11-18(12-8-14)9-3-10-19-13-15(17)5-6-16(19)20/h5-6,13-14H,2-4,7-12,17H2,1H3. The van der Waals surface area contributed by atoms with Crippen molar-refractivity contribution >= 4 is 5.69 Å². The fraction of sp³-hybridized carbons (Fsp3) is 0.688. The Bertz CT molecular complexity index is 461. The Morgan fingerprint density at radius 3 is 2.70 bits per heavy atom. The first-order valence-electron chi connectivity index (χ1n) is 7.87. The van der Waals surface area contributed by atoms with Gasteiger partial charge in [-0.3, -0.25) is 4.79 Å². The summed E-state index contributed by atoms with van der Waals surface area (Å²) in [5, 5.41) is 0. The average Bonchev–Trinajstić information content (AvgIpc) is 2.45. The molecule has 1 aliphatic heterocycles. The zero-order valence-electron chi connectivity index (χ0n) is 12.6. The molecule has 20 heavy (non-hydrogen) atoms. The van der Waals surface area contributed by atoms with Crippen molar-refractivity contribution in [1.82, 2.24) is 9.47 Å². The van der Waals surface area contributed by atoms with Crippen LogP contribution in [0.15, 0.2) is 23.1 Å². The van der Waals surface area contributed by atoms with E-state index in [0.29, 0.717) is 5.69 Å². The van der Waals surface area contributed by atoms with Gasteiger partial charge in [0.25, 0.3) is 5.56 Å². The second-order valence-electron chi connectivity index (χ2n) is 5.92. The average molecular weight is 277 g/mol. The summed E-state index contributed by atoms with van der Waals surface area (Å²) < 4.78 is 1.72. The van der Waals surface area contributed by atoms with Crippen LogP contribution >= 0.6 is 0 Å². The van der Waals surface area contributed by atoms with Crippen molar-refractivity contribution in [3.63, 3.8) is 0 Å². The van der Waals surface area contributed by atoms with Gasteiger partial charge in [-0.15, -0.1) is 0 Å². The monoisotopic (exact) mass is 277 g/mol. The maximum atomic E-state index is 11.7. The van der Waals surface area contributed by atoms with Gasteiger partial charge in [0.15, 0.2) is 0 Å². The Morgan fingerprint density at radius 2 is 2.00 bits per heavy atom. The number of nitrogen functional groups attached to an aromatic ring is 1. The lowest BCUT2D eigenvalue weighted by atomic mass is 9.92. The first-order valence-corrected chi connectivity index (χ1v) is 7.87. The van der Waals surface area contributed by atoms with Gasteiger partial charge in [-0.1, -0.05) is 19.8 Å². The summed E-state index contributed by atoms with van der Waals surface area (Å²) >= 11 is 0. The van der Waals surface area contributed by atoms with E-state index in [-0.39, 0.29) is 5.56 Å². The molecule has 1 aromatic heterocycles. The van der Waals surface area contributed by atoms with Crippen LogP contribution in [0.25, 0.3) is 0 Å². The van der Waals surface area contributed by atoms with Crippen LogP contribution in [0.2, 0.25) is 0 Å². The number of aromatic nitrogens is 1. The molecule has 0 radical (unpaired) electrons.